The first kappa shape index (κ1) is 14.0. The fourth-order valence-electron chi connectivity index (χ4n) is 1.52. The number of methoxy groups -OCH3 is 2. The average molecular weight is 248 g/mol. The summed E-state index contributed by atoms with van der Waals surface area (Å²) in [5.74, 6) is -1.37. The Labute approximate surface area is 106 Å². The van der Waals surface area contributed by atoms with Gasteiger partial charge in [0.05, 0.1) is 14.2 Å². The molecule has 0 amide bonds. The van der Waals surface area contributed by atoms with Crippen LogP contribution >= 0.6 is 0 Å². The summed E-state index contributed by atoms with van der Waals surface area (Å²) in [5, 5.41) is 0. The second-order valence-corrected chi connectivity index (χ2v) is 3.73. The van der Waals surface area contributed by atoms with Crippen molar-refractivity contribution in [2.45, 2.75) is 13.3 Å². The highest BCUT2D eigenvalue weighted by atomic mass is 16.5. The third kappa shape index (κ3) is 3.45. The van der Waals surface area contributed by atoms with Gasteiger partial charge in [0.2, 0.25) is 0 Å². The van der Waals surface area contributed by atoms with Crippen LogP contribution in [-0.4, -0.2) is 26.2 Å². The number of benzene rings is 1. The number of hydrogen-bond acceptors (Lipinski definition) is 4. The van der Waals surface area contributed by atoms with Crippen molar-refractivity contribution in [3.8, 4) is 0 Å². The Kier molecular flexibility index (Phi) is 5.11. The van der Waals surface area contributed by atoms with Crippen LogP contribution < -0.4 is 0 Å². The Bertz CT molecular complexity index is 456. The molecule has 0 atom stereocenters. The normalized spacial score (nSPS) is 9.50. The van der Waals surface area contributed by atoms with E-state index in [0.717, 1.165) is 11.1 Å². The molecule has 0 aliphatic rings. The summed E-state index contributed by atoms with van der Waals surface area (Å²) in [7, 11) is 2.46. The lowest BCUT2D eigenvalue weighted by Gasteiger charge is -2.05. The fourth-order valence-corrected chi connectivity index (χ4v) is 1.52. The first-order valence-electron chi connectivity index (χ1n) is 5.51. The molecule has 0 spiro atoms. The highest BCUT2D eigenvalue weighted by Gasteiger charge is 2.19. The van der Waals surface area contributed by atoms with E-state index in [9.17, 15) is 9.59 Å². The molecule has 0 aromatic heterocycles. The van der Waals surface area contributed by atoms with Crippen molar-refractivity contribution in [3.63, 3.8) is 0 Å². The maximum atomic E-state index is 11.4. The number of carbonyl (C=O) groups is 2. The van der Waals surface area contributed by atoms with Crippen molar-refractivity contribution in [2.75, 3.05) is 14.2 Å². The topological polar surface area (TPSA) is 52.6 Å². The monoisotopic (exact) mass is 248 g/mol. The molecule has 1 rings (SSSR count). The molecule has 0 radical (unpaired) electrons. The van der Waals surface area contributed by atoms with Gasteiger partial charge in [0, 0.05) is 0 Å². The quantitative estimate of drug-likeness (QED) is 0.353. The van der Waals surface area contributed by atoms with Crippen LogP contribution in [0.15, 0.2) is 35.9 Å². The second kappa shape index (κ2) is 6.59. The SMILES string of the molecule is COC(=O)C(=CCc1ccccc1C)C(=O)OC. The molecular weight excluding hydrogens is 232 g/mol. The highest BCUT2D eigenvalue weighted by Crippen LogP contribution is 2.10. The van der Waals surface area contributed by atoms with Gasteiger partial charge in [0.1, 0.15) is 5.57 Å². The van der Waals surface area contributed by atoms with Crippen molar-refractivity contribution in [1.29, 1.82) is 0 Å². The van der Waals surface area contributed by atoms with E-state index in [1.165, 1.54) is 20.3 Å². The van der Waals surface area contributed by atoms with Crippen molar-refractivity contribution >= 4 is 11.9 Å². The third-order valence-corrected chi connectivity index (χ3v) is 2.60. The molecule has 0 aliphatic carbocycles. The summed E-state index contributed by atoms with van der Waals surface area (Å²) >= 11 is 0. The molecule has 0 N–H and O–H groups in total. The number of allylic oxidation sites excluding steroid dienone is 1. The fraction of sp³-hybridized carbons (Fsp3) is 0.286. The van der Waals surface area contributed by atoms with Crippen LogP contribution in [0.3, 0.4) is 0 Å². The highest BCUT2D eigenvalue weighted by molar-refractivity contribution is 6.13. The van der Waals surface area contributed by atoms with Crippen molar-refractivity contribution in [2.24, 2.45) is 0 Å². The minimum atomic E-state index is -0.685. The lowest BCUT2D eigenvalue weighted by molar-refractivity contribution is -0.144. The van der Waals surface area contributed by atoms with Gasteiger partial charge in [-0.25, -0.2) is 9.59 Å². The Hall–Kier alpha value is -2.10. The minimum absolute atomic E-state index is 0.0803. The molecule has 4 heteroatoms. The molecule has 4 nitrogen and oxygen atoms in total. The molecule has 96 valence electrons. The zero-order valence-electron chi connectivity index (χ0n) is 10.7. The van der Waals surface area contributed by atoms with Crippen LogP contribution in [0.4, 0.5) is 0 Å². The van der Waals surface area contributed by atoms with Crippen LogP contribution in [0, 0.1) is 6.92 Å². The lowest BCUT2D eigenvalue weighted by atomic mass is 10.0. The molecule has 0 saturated heterocycles. The van der Waals surface area contributed by atoms with Crippen LogP contribution in [-0.2, 0) is 25.5 Å². The Morgan fingerprint density at radius 1 is 1.11 bits per heavy atom. The van der Waals surface area contributed by atoms with E-state index >= 15 is 0 Å². The van der Waals surface area contributed by atoms with Gasteiger partial charge in [0.15, 0.2) is 0 Å². The summed E-state index contributed by atoms with van der Waals surface area (Å²) in [6.07, 6.45) is 2.01. The van der Waals surface area contributed by atoms with Gasteiger partial charge >= 0.3 is 11.9 Å². The molecule has 1 aromatic carbocycles. The van der Waals surface area contributed by atoms with Crippen LogP contribution in [0.2, 0.25) is 0 Å². The number of esters is 2. The molecule has 1 aromatic rings. The van der Waals surface area contributed by atoms with Gasteiger partial charge in [-0.2, -0.15) is 0 Å². The summed E-state index contributed by atoms with van der Waals surface area (Å²) < 4.78 is 9.09. The molecule has 0 fully saturated rings. The van der Waals surface area contributed by atoms with E-state index in [0.29, 0.717) is 6.42 Å². The third-order valence-electron chi connectivity index (χ3n) is 2.60. The molecule has 0 aliphatic heterocycles. The molecule has 0 heterocycles. The molecule has 0 bridgehead atoms. The van der Waals surface area contributed by atoms with Crippen LogP contribution in [0.1, 0.15) is 11.1 Å². The molecule has 0 unspecified atom stereocenters. The van der Waals surface area contributed by atoms with Gasteiger partial charge in [-0.05, 0) is 24.5 Å². The van der Waals surface area contributed by atoms with Gasteiger partial charge in [-0.3, -0.25) is 0 Å². The Balaban J connectivity index is 2.94. The van der Waals surface area contributed by atoms with Gasteiger partial charge in [0.25, 0.3) is 0 Å². The second-order valence-electron chi connectivity index (χ2n) is 3.73. The van der Waals surface area contributed by atoms with Crippen molar-refractivity contribution < 1.29 is 19.1 Å². The maximum Gasteiger partial charge on any atom is 0.344 e. The molecule has 0 saturated carbocycles. The van der Waals surface area contributed by atoms with E-state index in [2.05, 4.69) is 9.47 Å². The van der Waals surface area contributed by atoms with Crippen molar-refractivity contribution in [1.82, 2.24) is 0 Å². The van der Waals surface area contributed by atoms with Gasteiger partial charge in [-0.1, -0.05) is 30.3 Å². The van der Waals surface area contributed by atoms with Crippen LogP contribution in [0.25, 0.3) is 0 Å². The van der Waals surface area contributed by atoms with E-state index in [-0.39, 0.29) is 5.57 Å². The maximum absolute atomic E-state index is 11.4. The Morgan fingerprint density at radius 3 is 2.17 bits per heavy atom. The summed E-state index contributed by atoms with van der Waals surface area (Å²) in [6.45, 7) is 1.97. The van der Waals surface area contributed by atoms with Crippen LogP contribution in [0.5, 0.6) is 0 Å². The molecular formula is C14H16O4. The summed E-state index contributed by atoms with van der Waals surface area (Å²) in [4.78, 5) is 22.9. The van der Waals surface area contributed by atoms with Gasteiger partial charge in [-0.15, -0.1) is 0 Å². The summed E-state index contributed by atoms with van der Waals surface area (Å²) in [6, 6.07) is 7.76. The predicted molar refractivity (Wildman–Crippen MR) is 67.0 cm³/mol. The predicted octanol–water partition coefficient (Wildman–Crippen LogP) is 1.81. The Morgan fingerprint density at radius 2 is 1.67 bits per heavy atom. The first-order chi connectivity index (χ1) is 8.60. The zero-order valence-corrected chi connectivity index (χ0v) is 10.7. The molecule has 18 heavy (non-hydrogen) atoms. The largest absolute Gasteiger partial charge is 0.465 e. The number of aryl methyl sites for hydroxylation is 1. The first-order valence-corrected chi connectivity index (χ1v) is 5.51. The number of hydrogen-bond donors (Lipinski definition) is 0. The lowest BCUT2D eigenvalue weighted by Crippen LogP contribution is -2.16. The van der Waals surface area contributed by atoms with Crippen molar-refractivity contribution in [3.05, 3.63) is 47.0 Å². The smallest absolute Gasteiger partial charge is 0.344 e. The van der Waals surface area contributed by atoms with E-state index in [4.69, 9.17) is 0 Å². The number of carbonyl (C=O) groups excluding carboxylic acids is 2. The zero-order chi connectivity index (χ0) is 13.5. The number of ether oxygens (including phenoxy) is 2. The van der Waals surface area contributed by atoms with Gasteiger partial charge < -0.3 is 9.47 Å². The number of rotatable bonds is 4. The van der Waals surface area contributed by atoms with E-state index in [1.807, 2.05) is 31.2 Å². The van der Waals surface area contributed by atoms with E-state index < -0.39 is 11.9 Å². The van der Waals surface area contributed by atoms with E-state index in [1.54, 1.807) is 0 Å². The standard InChI is InChI=1S/C14H16O4/c1-10-6-4-5-7-11(10)8-9-12(13(15)17-2)14(16)18-3/h4-7,9H,8H2,1-3H3. The average Bonchev–Trinajstić information content (AvgIpc) is 2.40. The minimum Gasteiger partial charge on any atom is -0.465 e. The summed E-state index contributed by atoms with van der Waals surface area (Å²) in [5.41, 5.74) is 2.06.